The first-order chi connectivity index (χ1) is 13.1. The highest BCUT2D eigenvalue weighted by Gasteiger charge is 2.17. The molecule has 1 N–H and O–H groups in total. The lowest BCUT2D eigenvalue weighted by Gasteiger charge is -2.30. The molecule has 1 saturated heterocycles. The van der Waals surface area contributed by atoms with Crippen LogP contribution in [0.4, 0.5) is 15.8 Å². The molecule has 0 unspecified atom stereocenters. The van der Waals surface area contributed by atoms with Gasteiger partial charge in [-0.05, 0) is 55.2 Å². The normalized spacial score (nSPS) is 14.0. The molecule has 2 aromatic rings. The Bertz CT molecular complexity index is 804. The molecule has 0 bridgehead atoms. The standard InChI is InChI=1S/C21H25FN2O3/c1-26-19-9-6-15(12-20(19)27-2)13-21(25)23-17-14-16(22)7-8-18(17)24-10-4-3-5-11-24/h6-9,12,14H,3-5,10-11,13H2,1-2H3,(H,23,25). The lowest BCUT2D eigenvalue weighted by Crippen LogP contribution is -2.30. The van der Waals surface area contributed by atoms with Crippen LogP contribution in [0.5, 0.6) is 11.5 Å². The monoisotopic (exact) mass is 372 g/mol. The van der Waals surface area contributed by atoms with Gasteiger partial charge in [0.15, 0.2) is 11.5 Å². The summed E-state index contributed by atoms with van der Waals surface area (Å²) >= 11 is 0. The number of piperidine rings is 1. The van der Waals surface area contributed by atoms with Crippen molar-refractivity contribution >= 4 is 17.3 Å². The van der Waals surface area contributed by atoms with Gasteiger partial charge in [-0.3, -0.25) is 4.79 Å². The summed E-state index contributed by atoms with van der Waals surface area (Å²) in [5.74, 6) is 0.616. The quantitative estimate of drug-likeness (QED) is 0.832. The highest BCUT2D eigenvalue weighted by Crippen LogP contribution is 2.30. The van der Waals surface area contributed by atoms with Crippen LogP contribution in [0.25, 0.3) is 0 Å². The van der Waals surface area contributed by atoms with E-state index in [-0.39, 0.29) is 18.1 Å². The van der Waals surface area contributed by atoms with Crippen LogP contribution in [0.2, 0.25) is 0 Å². The van der Waals surface area contributed by atoms with Gasteiger partial charge in [-0.15, -0.1) is 0 Å². The molecule has 0 saturated carbocycles. The van der Waals surface area contributed by atoms with Crippen molar-refractivity contribution in [1.82, 2.24) is 0 Å². The average molecular weight is 372 g/mol. The first-order valence-electron chi connectivity index (χ1n) is 9.16. The van der Waals surface area contributed by atoms with E-state index in [1.807, 2.05) is 6.07 Å². The zero-order chi connectivity index (χ0) is 19.2. The van der Waals surface area contributed by atoms with E-state index in [0.717, 1.165) is 37.2 Å². The molecule has 6 heteroatoms. The minimum Gasteiger partial charge on any atom is -0.493 e. The van der Waals surface area contributed by atoms with E-state index in [1.54, 1.807) is 32.4 Å². The second-order valence-electron chi connectivity index (χ2n) is 6.62. The predicted molar refractivity (Wildman–Crippen MR) is 104 cm³/mol. The topological polar surface area (TPSA) is 50.8 Å². The number of methoxy groups -OCH3 is 2. The second-order valence-corrected chi connectivity index (χ2v) is 6.62. The number of halogens is 1. The maximum Gasteiger partial charge on any atom is 0.228 e. The van der Waals surface area contributed by atoms with E-state index in [0.29, 0.717) is 17.2 Å². The third-order valence-electron chi connectivity index (χ3n) is 4.74. The molecule has 0 spiro atoms. The zero-order valence-corrected chi connectivity index (χ0v) is 15.8. The molecular formula is C21H25FN2O3. The number of carbonyl (C=O) groups is 1. The fourth-order valence-electron chi connectivity index (χ4n) is 3.39. The summed E-state index contributed by atoms with van der Waals surface area (Å²) in [5.41, 5.74) is 2.18. The number of carbonyl (C=O) groups excluding carboxylic acids is 1. The Labute approximate surface area is 159 Å². The van der Waals surface area contributed by atoms with Crippen LogP contribution >= 0.6 is 0 Å². The molecule has 1 aliphatic heterocycles. The first-order valence-corrected chi connectivity index (χ1v) is 9.16. The Balaban J connectivity index is 1.75. The van der Waals surface area contributed by atoms with Gasteiger partial charge >= 0.3 is 0 Å². The molecule has 0 aliphatic carbocycles. The summed E-state index contributed by atoms with van der Waals surface area (Å²) in [6, 6.07) is 9.92. The summed E-state index contributed by atoms with van der Waals surface area (Å²) < 4.78 is 24.3. The van der Waals surface area contributed by atoms with Crippen LogP contribution in [0.3, 0.4) is 0 Å². The molecule has 1 aliphatic rings. The Morgan fingerprint density at radius 1 is 1.04 bits per heavy atom. The van der Waals surface area contributed by atoms with E-state index in [4.69, 9.17) is 9.47 Å². The third-order valence-corrected chi connectivity index (χ3v) is 4.74. The van der Waals surface area contributed by atoms with Crippen molar-refractivity contribution in [1.29, 1.82) is 0 Å². The van der Waals surface area contributed by atoms with Crippen LogP contribution in [0.1, 0.15) is 24.8 Å². The molecule has 144 valence electrons. The number of anilines is 2. The van der Waals surface area contributed by atoms with Crippen LogP contribution in [0.15, 0.2) is 36.4 Å². The lowest BCUT2D eigenvalue weighted by atomic mass is 10.1. The van der Waals surface area contributed by atoms with Crippen molar-refractivity contribution in [2.45, 2.75) is 25.7 Å². The molecular weight excluding hydrogens is 347 g/mol. The number of amides is 1. The van der Waals surface area contributed by atoms with Gasteiger partial charge in [0.25, 0.3) is 0 Å². The zero-order valence-electron chi connectivity index (χ0n) is 15.8. The fourth-order valence-corrected chi connectivity index (χ4v) is 3.39. The van der Waals surface area contributed by atoms with E-state index in [9.17, 15) is 9.18 Å². The number of nitrogens with one attached hydrogen (secondary N) is 1. The van der Waals surface area contributed by atoms with Gasteiger partial charge in [0.2, 0.25) is 5.91 Å². The Hall–Kier alpha value is -2.76. The van der Waals surface area contributed by atoms with Crippen molar-refractivity contribution in [2.75, 3.05) is 37.5 Å². The van der Waals surface area contributed by atoms with Gasteiger partial charge in [0.1, 0.15) is 5.82 Å². The summed E-state index contributed by atoms with van der Waals surface area (Å²) in [6.07, 6.45) is 3.59. The van der Waals surface area contributed by atoms with Gasteiger partial charge in [-0.2, -0.15) is 0 Å². The number of ether oxygens (including phenoxy) is 2. The molecule has 2 aromatic carbocycles. The minimum absolute atomic E-state index is 0.163. The highest BCUT2D eigenvalue weighted by atomic mass is 19.1. The van der Waals surface area contributed by atoms with Crippen molar-refractivity contribution in [3.8, 4) is 11.5 Å². The predicted octanol–water partition coefficient (Wildman–Crippen LogP) is 4.01. The maximum atomic E-state index is 13.8. The second kappa shape index (κ2) is 8.75. The molecule has 0 atom stereocenters. The Morgan fingerprint density at radius 3 is 2.48 bits per heavy atom. The number of nitrogens with zero attached hydrogens (tertiary/aromatic N) is 1. The van der Waals surface area contributed by atoms with Crippen molar-refractivity contribution in [3.05, 3.63) is 47.8 Å². The smallest absolute Gasteiger partial charge is 0.228 e. The van der Waals surface area contributed by atoms with Gasteiger partial charge in [-0.1, -0.05) is 6.07 Å². The van der Waals surface area contributed by atoms with E-state index < -0.39 is 0 Å². The highest BCUT2D eigenvalue weighted by molar-refractivity contribution is 5.95. The molecule has 0 radical (unpaired) electrons. The van der Waals surface area contributed by atoms with Crippen LogP contribution < -0.4 is 19.7 Å². The largest absolute Gasteiger partial charge is 0.493 e. The van der Waals surface area contributed by atoms with E-state index in [1.165, 1.54) is 18.6 Å². The van der Waals surface area contributed by atoms with Crippen LogP contribution in [-0.4, -0.2) is 33.2 Å². The number of rotatable bonds is 6. The molecule has 3 rings (SSSR count). The molecule has 1 heterocycles. The molecule has 1 amide bonds. The van der Waals surface area contributed by atoms with E-state index in [2.05, 4.69) is 10.2 Å². The maximum absolute atomic E-state index is 13.8. The Morgan fingerprint density at radius 2 is 1.78 bits per heavy atom. The first kappa shape index (κ1) is 19.0. The molecule has 1 fully saturated rings. The summed E-state index contributed by atoms with van der Waals surface area (Å²) in [7, 11) is 3.12. The lowest BCUT2D eigenvalue weighted by molar-refractivity contribution is -0.115. The molecule has 0 aromatic heterocycles. The third kappa shape index (κ3) is 4.70. The van der Waals surface area contributed by atoms with Crippen LogP contribution in [-0.2, 0) is 11.2 Å². The molecule has 27 heavy (non-hydrogen) atoms. The summed E-state index contributed by atoms with van der Waals surface area (Å²) in [5, 5.41) is 2.87. The van der Waals surface area contributed by atoms with Crippen molar-refractivity contribution in [2.24, 2.45) is 0 Å². The fraction of sp³-hybridized carbons (Fsp3) is 0.381. The van der Waals surface area contributed by atoms with E-state index >= 15 is 0 Å². The van der Waals surface area contributed by atoms with Gasteiger partial charge in [0.05, 0.1) is 32.0 Å². The Kier molecular flexibility index (Phi) is 6.16. The minimum atomic E-state index is -0.364. The summed E-state index contributed by atoms with van der Waals surface area (Å²) in [6.45, 7) is 1.84. The SMILES string of the molecule is COc1ccc(CC(=O)Nc2cc(F)ccc2N2CCCCC2)cc1OC. The number of hydrogen-bond acceptors (Lipinski definition) is 4. The number of benzene rings is 2. The van der Waals surface area contributed by atoms with Gasteiger partial charge in [-0.25, -0.2) is 4.39 Å². The molecule has 5 nitrogen and oxygen atoms in total. The van der Waals surface area contributed by atoms with Crippen LogP contribution in [0, 0.1) is 5.82 Å². The van der Waals surface area contributed by atoms with Gasteiger partial charge < -0.3 is 19.7 Å². The van der Waals surface area contributed by atoms with Crippen molar-refractivity contribution in [3.63, 3.8) is 0 Å². The summed E-state index contributed by atoms with van der Waals surface area (Å²) in [4.78, 5) is 14.8. The van der Waals surface area contributed by atoms with Crippen molar-refractivity contribution < 1.29 is 18.7 Å². The van der Waals surface area contributed by atoms with Gasteiger partial charge in [0, 0.05) is 13.1 Å². The average Bonchev–Trinajstić information content (AvgIpc) is 2.68. The number of hydrogen-bond donors (Lipinski definition) is 1.